The number of rotatable bonds is 6. The summed E-state index contributed by atoms with van der Waals surface area (Å²) in [5.41, 5.74) is 2.56. The summed E-state index contributed by atoms with van der Waals surface area (Å²) in [6, 6.07) is 5.20. The average Bonchev–Trinajstić information content (AvgIpc) is 2.95. The number of benzene rings is 1. The SMILES string of the molecule is CCNC(=O)NC(=O)COC(=O)Cc1coc2cc(CC)ccc12. The fourth-order valence-electron chi connectivity index (χ4n) is 2.20. The van der Waals surface area contributed by atoms with Crippen LogP contribution in [0.2, 0.25) is 0 Å². The van der Waals surface area contributed by atoms with E-state index < -0.39 is 24.5 Å². The maximum atomic E-state index is 11.8. The molecule has 3 amide bonds. The number of carbonyl (C=O) groups excluding carboxylic acids is 3. The van der Waals surface area contributed by atoms with Gasteiger partial charge in [0.05, 0.1) is 12.7 Å². The third kappa shape index (κ3) is 4.58. The van der Waals surface area contributed by atoms with Crippen molar-refractivity contribution in [3.8, 4) is 0 Å². The number of hydrogen-bond donors (Lipinski definition) is 2. The molecule has 7 heteroatoms. The van der Waals surface area contributed by atoms with Crippen LogP contribution in [0.5, 0.6) is 0 Å². The molecule has 0 saturated heterocycles. The van der Waals surface area contributed by atoms with Gasteiger partial charge in [-0.05, 0) is 25.0 Å². The Labute approximate surface area is 139 Å². The molecule has 0 spiro atoms. The van der Waals surface area contributed by atoms with Crippen molar-refractivity contribution >= 4 is 28.9 Å². The summed E-state index contributed by atoms with van der Waals surface area (Å²) in [5, 5.41) is 5.30. The first-order valence-corrected chi connectivity index (χ1v) is 7.75. The number of carbonyl (C=O) groups is 3. The Morgan fingerprint density at radius 2 is 2.00 bits per heavy atom. The van der Waals surface area contributed by atoms with Gasteiger partial charge in [-0.25, -0.2) is 4.79 Å². The van der Waals surface area contributed by atoms with Crippen LogP contribution in [0.1, 0.15) is 25.0 Å². The first-order chi connectivity index (χ1) is 11.5. The Kier molecular flexibility index (Phi) is 5.95. The van der Waals surface area contributed by atoms with Gasteiger partial charge in [-0.1, -0.05) is 19.1 Å². The van der Waals surface area contributed by atoms with Gasteiger partial charge < -0.3 is 14.5 Å². The Morgan fingerprint density at radius 1 is 1.21 bits per heavy atom. The molecule has 0 unspecified atom stereocenters. The Bertz CT molecular complexity index is 751. The molecule has 2 rings (SSSR count). The van der Waals surface area contributed by atoms with E-state index in [4.69, 9.17) is 9.15 Å². The van der Waals surface area contributed by atoms with Crippen molar-refractivity contribution in [3.05, 3.63) is 35.6 Å². The van der Waals surface area contributed by atoms with Crippen LogP contribution in [0.3, 0.4) is 0 Å². The molecule has 0 aliphatic heterocycles. The Balaban J connectivity index is 1.88. The molecule has 1 aromatic carbocycles. The fourth-order valence-corrected chi connectivity index (χ4v) is 2.20. The minimum atomic E-state index is -0.682. The van der Waals surface area contributed by atoms with E-state index in [1.54, 1.807) is 6.92 Å². The van der Waals surface area contributed by atoms with E-state index in [2.05, 4.69) is 10.6 Å². The Morgan fingerprint density at radius 3 is 2.71 bits per heavy atom. The number of fused-ring (bicyclic) bond motifs is 1. The normalized spacial score (nSPS) is 10.4. The predicted molar refractivity (Wildman–Crippen MR) is 87.5 cm³/mol. The van der Waals surface area contributed by atoms with Crippen molar-refractivity contribution in [1.29, 1.82) is 0 Å². The molecule has 0 aliphatic carbocycles. The van der Waals surface area contributed by atoms with E-state index in [0.29, 0.717) is 17.7 Å². The van der Waals surface area contributed by atoms with Gasteiger partial charge in [0, 0.05) is 17.5 Å². The third-order valence-corrected chi connectivity index (χ3v) is 3.42. The zero-order chi connectivity index (χ0) is 17.5. The summed E-state index contributed by atoms with van der Waals surface area (Å²) in [6.45, 7) is 3.66. The van der Waals surface area contributed by atoms with Crippen LogP contribution in [0.25, 0.3) is 11.0 Å². The lowest BCUT2D eigenvalue weighted by molar-refractivity contribution is -0.147. The quantitative estimate of drug-likeness (QED) is 0.788. The molecule has 1 heterocycles. The lowest BCUT2D eigenvalue weighted by Crippen LogP contribution is -2.41. The van der Waals surface area contributed by atoms with Gasteiger partial charge in [0.15, 0.2) is 6.61 Å². The second-order valence-corrected chi connectivity index (χ2v) is 5.19. The molecule has 0 bridgehead atoms. The molecule has 0 radical (unpaired) electrons. The van der Waals surface area contributed by atoms with Gasteiger partial charge in [-0.15, -0.1) is 0 Å². The third-order valence-electron chi connectivity index (χ3n) is 3.42. The van der Waals surface area contributed by atoms with E-state index in [0.717, 1.165) is 17.4 Å². The van der Waals surface area contributed by atoms with Crippen LogP contribution in [0.15, 0.2) is 28.9 Å². The standard InChI is InChI=1S/C17H20N2O5/c1-3-11-5-6-13-12(9-23-14(13)7-11)8-16(21)24-10-15(20)19-17(22)18-4-2/h5-7,9H,3-4,8,10H2,1-2H3,(H2,18,19,20,22). The van der Waals surface area contributed by atoms with Crippen LogP contribution in [-0.4, -0.2) is 31.1 Å². The van der Waals surface area contributed by atoms with Crippen molar-refractivity contribution in [3.63, 3.8) is 0 Å². The van der Waals surface area contributed by atoms with Gasteiger partial charge in [0.1, 0.15) is 5.58 Å². The highest BCUT2D eigenvalue weighted by atomic mass is 16.5. The van der Waals surface area contributed by atoms with Crippen molar-refractivity contribution in [2.45, 2.75) is 26.7 Å². The molecule has 0 saturated carbocycles. The van der Waals surface area contributed by atoms with Crippen molar-refractivity contribution in [1.82, 2.24) is 10.6 Å². The van der Waals surface area contributed by atoms with Crippen LogP contribution in [0, 0.1) is 0 Å². The van der Waals surface area contributed by atoms with Gasteiger partial charge in [0.25, 0.3) is 5.91 Å². The number of ether oxygens (including phenoxy) is 1. The predicted octanol–water partition coefficient (Wildman–Crippen LogP) is 1.93. The summed E-state index contributed by atoms with van der Waals surface area (Å²) in [6.07, 6.45) is 2.40. The zero-order valence-electron chi connectivity index (χ0n) is 13.7. The number of esters is 1. The smallest absolute Gasteiger partial charge is 0.321 e. The number of nitrogens with one attached hydrogen (secondary N) is 2. The van der Waals surface area contributed by atoms with E-state index >= 15 is 0 Å². The first-order valence-electron chi connectivity index (χ1n) is 7.75. The molecule has 128 valence electrons. The second-order valence-electron chi connectivity index (χ2n) is 5.19. The molecule has 7 nitrogen and oxygen atoms in total. The van der Waals surface area contributed by atoms with Crippen molar-refractivity contribution in [2.75, 3.05) is 13.2 Å². The van der Waals surface area contributed by atoms with Gasteiger partial charge in [-0.3, -0.25) is 14.9 Å². The fraction of sp³-hybridized carbons (Fsp3) is 0.353. The van der Waals surface area contributed by atoms with Crippen LogP contribution in [-0.2, 0) is 27.2 Å². The maximum Gasteiger partial charge on any atom is 0.321 e. The number of hydrogen-bond acceptors (Lipinski definition) is 5. The lowest BCUT2D eigenvalue weighted by atomic mass is 10.1. The molecule has 2 N–H and O–H groups in total. The molecular weight excluding hydrogens is 312 g/mol. The molecule has 0 fully saturated rings. The van der Waals surface area contributed by atoms with Gasteiger partial charge >= 0.3 is 12.0 Å². The number of amides is 3. The summed E-state index contributed by atoms with van der Waals surface area (Å²) in [5.74, 6) is -1.25. The lowest BCUT2D eigenvalue weighted by Gasteiger charge is -2.06. The first kappa shape index (κ1) is 17.5. The number of urea groups is 1. The van der Waals surface area contributed by atoms with E-state index in [1.165, 1.54) is 6.26 Å². The second kappa shape index (κ2) is 8.14. The largest absolute Gasteiger partial charge is 0.464 e. The maximum absolute atomic E-state index is 11.8. The van der Waals surface area contributed by atoms with E-state index in [1.807, 2.05) is 25.1 Å². The monoisotopic (exact) mass is 332 g/mol. The number of imide groups is 1. The van der Waals surface area contributed by atoms with Gasteiger partial charge in [0.2, 0.25) is 0 Å². The minimum Gasteiger partial charge on any atom is -0.464 e. The summed E-state index contributed by atoms with van der Waals surface area (Å²) >= 11 is 0. The topological polar surface area (TPSA) is 97.6 Å². The van der Waals surface area contributed by atoms with Crippen molar-refractivity contribution < 1.29 is 23.5 Å². The van der Waals surface area contributed by atoms with Gasteiger partial charge in [-0.2, -0.15) is 0 Å². The van der Waals surface area contributed by atoms with Crippen LogP contribution in [0.4, 0.5) is 4.79 Å². The highest BCUT2D eigenvalue weighted by Gasteiger charge is 2.14. The summed E-state index contributed by atoms with van der Waals surface area (Å²) in [4.78, 5) is 34.5. The summed E-state index contributed by atoms with van der Waals surface area (Å²) in [7, 11) is 0. The molecule has 24 heavy (non-hydrogen) atoms. The van der Waals surface area contributed by atoms with Crippen LogP contribution >= 0.6 is 0 Å². The van der Waals surface area contributed by atoms with E-state index in [-0.39, 0.29) is 6.42 Å². The number of aryl methyl sites for hydroxylation is 1. The highest BCUT2D eigenvalue weighted by Crippen LogP contribution is 2.23. The molecule has 0 aliphatic rings. The molecule has 2 aromatic rings. The zero-order valence-corrected chi connectivity index (χ0v) is 13.7. The van der Waals surface area contributed by atoms with Crippen LogP contribution < -0.4 is 10.6 Å². The minimum absolute atomic E-state index is 0.00704. The van der Waals surface area contributed by atoms with E-state index in [9.17, 15) is 14.4 Å². The number of furan rings is 1. The highest BCUT2D eigenvalue weighted by molar-refractivity contribution is 5.95. The Hall–Kier alpha value is -2.83. The van der Waals surface area contributed by atoms with Crippen molar-refractivity contribution in [2.24, 2.45) is 0 Å². The molecule has 1 aromatic heterocycles. The average molecular weight is 332 g/mol. The molecule has 0 atom stereocenters. The molecular formula is C17H20N2O5. The summed E-state index contributed by atoms with van der Waals surface area (Å²) < 4.78 is 10.3.